The molecule has 1 fully saturated rings. The molecule has 1 N–H and O–H groups in total. The number of ether oxygens (including phenoxy) is 2. The van der Waals surface area contributed by atoms with Crippen LogP contribution in [0, 0.1) is 5.92 Å². The Kier molecular flexibility index (Phi) is 9.58. The van der Waals surface area contributed by atoms with Gasteiger partial charge in [-0.25, -0.2) is 4.79 Å². The van der Waals surface area contributed by atoms with E-state index >= 15 is 0 Å². The second kappa shape index (κ2) is 12.8. The number of rotatable bonds is 9. The highest BCUT2D eigenvalue weighted by atomic mass is 19.4. The Bertz CT molecular complexity index is 1330. The normalized spacial score (nSPS) is 19.9. The lowest BCUT2D eigenvalue weighted by molar-refractivity contribution is -0.138. The molecule has 1 saturated heterocycles. The number of fused-ring (bicyclic) bond motifs is 1. The van der Waals surface area contributed by atoms with Gasteiger partial charge in [0.2, 0.25) is 0 Å². The number of hydrogen-bond acceptors (Lipinski definition) is 5. The number of hydrogen-bond donors (Lipinski definition) is 1. The van der Waals surface area contributed by atoms with Crippen LogP contribution in [0.1, 0.15) is 54.6 Å². The summed E-state index contributed by atoms with van der Waals surface area (Å²) in [5.74, 6) is -1.68. The Morgan fingerprint density at radius 2 is 1.86 bits per heavy atom. The first kappa shape index (κ1) is 32.1. The molecular formula is C31H38F3N3O6. The highest BCUT2D eigenvalue weighted by Crippen LogP contribution is 2.44. The number of likely N-dealkylation sites (tertiary alicyclic amines) is 1. The van der Waals surface area contributed by atoms with Gasteiger partial charge < -0.3 is 29.3 Å². The maximum atomic E-state index is 14.5. The van der Waals surface area contributed by atoms with E-state index in [1.165, 1.54) is 35.6 Å². The number of nitrogens with zero attached hydrogens (tertiary/aromatic N) is 3. The van der Waals surface area contributed by atoms with Crippen LogP contribution >= 0.6 is 0 Å². The van der Waals surface area contributed by atoms with Crippen LogP contribution < -0.4 is 9.64 Å². The Balaban J connectivity index is 1.74. The van der Waals surface area contributed by atoms with Crippen molar-refractivity contribution in [3.8, 4) is 5.75 Å². The van der Waals surface area contributed by atoms with Crippen LogP contribution in [-0.4, -0.2) is 84.9 Å². The van der Waals surface area contributed by atoms with Crippen LogP contribution in [0.25, 0.3) is 0 Å². The number of alkyl halides is 3. The molecule has 2 aliphatic rings. The molecule has 9 nitrogen and oxygen atoms in total. The molecule has 0 spiro atoms. The summed E-state index contributed by atoms with van der Waals surface area (Å²) in [4.78, 5) is 42.9. The molecule has 2 atom stereocenters. The van der Waals surface area contributed by atoms with Crippen LogP contribution in [0.2, 0.25) is 0 Å². The first-order valence-corrected chi connectivity index (χ1v) is 14.3. The van der Waals surface area contributed by atoms with E-state index in [2.05, 4.69) is 0 Å². The highest BCUT2D eigenvalue weighted by molar-refractivity contribution is 6.05. The lowest BCUT2D eigenvalue weighted by atomic mass is 9.85. The molecule has 3 amide bonds. The summed E-state index contributed by atoms with van der Waals surface area (Å²) in [7, 11) is 2.96. The number of carbonyl (C=O) groups excluding carboxylic acids is 2. The minimum atomic E-state index is -4.90. The molecule has 0 bridgehead atoms. The SMILES string of the molecule is COCCCCN1C(=O)C(C)(C)Oc2cc(C(F)(F)F)c(C(=O)N(C)[C@H]3CN(C(=O)O)CC[C@H]3Cc3ccccc3)cc21. The third-order valence-corrected chi connectivity index (χ3v) is 8.18. The van der Waals surface area contributed by atoms with E-state index in [1.807, 2.05) is 30.3 Å². The summed E-state index contributed by atoms with van der Waals surface area (Å²) in [6.07, 6.45) is -3.95. The third kappa shape index (κ3) is 7.06. The largest absolute Gasteiger partial charge is 0.476 e. The number of unbranched alkanes of at least 4 members (excludes halogenated alkanes) is 1. The molecule has 0 saturated carbocycles. The van der Waals surface area contributed by atoms with Gasteiger partial charge in [0.1, 0.15) is 5.75 Å². The quantitative estimate of drug-likeness (QED) is 0.389. The molecule has 12 heteroatoms. The smallest absolute Gasteiger partial charge is 0.417 e. The van der Waals surface area contributed by atoms with Crippen LogP contribution in [0.3, 0.4) is 0 Å². The molecule has 0 aliphatic carbocycles. The van der Waals surface area contributed by atoms with Crippen LogP contribution in [0.4, 0.5) is 23.7 Å². The Morgan fingerprint density at radius 1 is 1.16 bits per heavy atom. The number of methoxy groups -OCH3 is 1. The summed E-state index contributed by atoms with van der Waals surface area (Å²) in [6, 6.07) is 10.7. The van der Waals surface area contributed by atoms with Gasteiger partial charge in [0, 0.05) is 40.4 Å². The molecule has 2 heterocycles. The minimum Gasteiger partial charge on any atom is -0.476 e. The first-order chi connectivity index (χ1) is 20.2. The number of carboxylic acid groups (broad SMARTS) is 1. The zero-order chi connectivity index (χ0) is 31.5. The van der Waals surface area contributed by atoms with Gasteiger partial charge in [-0.3, -0.25) is 9.59 Å². The maximum Gasteiger partial charge on any atom is 0.417 e. The highest BCUT2D eigenvalue weighted by Gasteiger charge is 2.45. The molecule has 2 aromatic carbocycles. The molecule has 4 rings (SSSR count). The van der Waals surface area contributed by atoms with Crippen molar-refractivity contribution in [1.82, 2.24) is 9.80 Å². The lowest BCUT2D eigenvalue weighted by Gasteiger charge is -2.42. The molecule has 234 valence electrons. The van der Waals surface area contributed by atoms with Gasteiger partial charge in [0.15, 0.2) is 5.60 Å². The van der Waals surface area contributed by atoms with E-state index in [1.54, 1.807) is 7.11 Å². The second-order valence-electron chi connectivity index (χ2n) is 11.6. The number of benzene rings is 2. The predicted molar refractivity (Wildman–Crippen MR) is 153 cm³/mol. The van der Waals surface area contributed by atoms with Crippen molar-refractivity contribution >= 4 is 23.6 Å². The van der Waals surface area contributed by atoms with Gasteiger partial charge in [-0.15, -0.1) is 0 Å². The number of halogens is 3. The Labute approximate surface area is 249 Å². The maximum absolute atomic E-state index is 14.5. The molecule has 0 aromatic heterocycles. The molecule has 43 heavy (non-hydrogen) atoms. The van der Waals surface area contributed by atoms with Crippen LogP contribution in [-0.2, 0) is 22.1 Å². The standard InChI is InChI=1S/C31H38F3N3O6/c1-30(2)28(39)37(13-8-9-15-42-4)24-17-22(23(31(32,33)34)18-26(24)43-30)27(38)35(3)25-19-36(29(40)41)14-12-21(25)16-20-10-6-5-7-11-20/h5-7,10-11,17-18,21,25H,8-9,12-16,19H2,1-4H3,(H,40,41)/t21-,25-/m0/s1. The van der Waals surface area contributed by atoms with Crippen LogP contribution in [0.5, 0.6) is 5.75 Å². The predicted octanol–water partition coefficient (Wildman–Crippen LogP) is 5.32. The number of amides is 3. The molecule has 0 radical (unpaired) electrons. The van der Waals surface area contributed by atoms with Crippen molar-refractivity contribution in [2.75, 3.05) is 45.3 Å². The van der Waals surface area contributed by atoms with E-state index < -0.39 is 46.9 Å². The number of likely N-dealkylation sites (N-methyl/N-ethyl adjacent to an activating group) is 1. The Hall–Kier alpha value is -3.80. The van der Waals surface area contributed by atoms with E-state index in [0.29, 0.717) is 32.3 Å². The Morgan fingerprint density at radius 3 is 2.49 bits per heavy atom. The monoisotopic (exact) mass is 605 g/mol. The summed E-state index contributed by atoms with van der Waals surface area (Å²) in [5, 5.41) is 9.67. The third-order valence-electron chi connectivity index (χ3n) is 8.18. The summed E-state index contributed by atoms with van der Waals surface area (Å²) < 4.78 is 54.2. The van der Waals surface area contributed by atoms with Gasteiger partial charge >= 0.3 is 12.3 Å². The molecular weight excluding hydrogens is 567 g/mol. The fourth-order valence-electron chi connectivity index (χ4n) is 5.85. The van der Waals surface area contributed by atoms with Crippen molar-refractivity contribution in [2.45, 2.75) is 57.3 Å². The zero-order valence-electron chi connectivity index (χ0n) is 24.8. The topological polar surface area (TPSA) is 99.6 Å². The van der Waals surface area contributed by atoms with Gasteiger partial charge in [0.25, 0.3) is 11.8 Å². The fraction of sp³-hybridized carbons (Fsp3) is 0.516. The number of anilines is 1. The van der Waals surface area contributed by atoms with Crippen molar-refractivity contribution in [3.05, 3.63) is 59.2 Å². The van der Waals surface area contributed by atoms with Gasteiger partial charge in [-0.2, -0.15) is 13.2 Å². The summed E-state index contributed by atoms with van der Waals surface area (Å²) >= 11 is 0. The first-order valence-electron chi connectivity index (χ1n) is 14.3. The van der Waals surface area contributed by atoms with Crippen LogP contribution in [0.15, 0.2) is 42.5 Å². The van der Waals surface area contributed by atoms with E-state index in [-0.39, 0.29) is 37.0 Å². The minimum absolute atomic E-state index is 0.0389. The fourth-order valence-corrected chi connectivity index (χ4v) is 5.85. The lowest BCUT2D eigenvalue weighted by Crippen LogP contribution is -2.55. The van der Waals surface area contributed by atoms with E-state index in [0.717, 1.165) is 17.7 Å². The van der Waals surface area contributed by atoms with Gasteiger partial charge in [-0.1, -0.05) is 30.3 Å². The average molecular weight is 606 g/mol. The number of carbonyl (C=O) groups is 3. The van der Waals surface area contributed by atoms with E-state index in [4.69, 9.17) is 9.47 Å². The zero-order valence-corrected chi connectivity index (χ0v) is 24.8. The van der Waals surface area contributed by atoms with Crippen molar-refractivity contribution < 1.29 is 42.1 Å². The summed E-state index contributed by atoms with van der Waals surface area (Å²) in [6.45, 7) is 3.85. The van der Waals surface area contributed by atoms with Crippen molar-refractivity contribution in [2.24, 2.45) is 5.92 Å². The van der Waals surface area contributed by atoms with Crippen molar-refractivity contribution in [3.63, 3.8) is 0 Å². The molecule has 2 aliphatic heterocycles. The second-order valence-corrected chi connectivity index (χ2v) is 11.6. The summed E-state index contributed by atoms with van der Waals surface area (Å²) in [5.41, 5.74) is -2.15. The molecule has 2 aromatic rings. The van der Waals surface area contributed by atoms with Crippen molar-refractivity contribution in [1.29, 1.82) is 0 Å². The van der Waals surface area contributed by atoms with E-state index in [9.17, 15) is 32.7 Å². The average Bonchev–Trinajstić information content (AvgIpc) is 2.95. The van der Waals surface area contributed by atoms with Gasteiger partial charge in [-0.05, 0) is 63.1 Å². The number of piperidine rings is 1. The molecule has 0 unspecified atom stereocenters. The van der Waals surface area contributed by atoms with Gasteiger partial charge in [0.05, 0.1) is 22.9 Å².